The van der Waals surface area contributed by atoms with Gasteiger partial charge in [-0.3, -0.25) is 4.79 Å². The fourth-order valence-corrected chi connectivity index (χ4v) is 2.62. The summed E-state index contributed by atoms with van der Waals surface area (Å²) in [6, 6.07) is 2.11. The molecule has 19 heavy (non-hydrogen) atoms. The Morgan fingerprint density at radius 3 is 2.63 bits per heavy atom. The van der Waals surface area contributed by atoms with Crippen molar-refractivity contribution < 1.29 is 4.79 Å². The maximum Gasteiger partial charge on any atom is 0.226 e. The Balaban J connectivity index is 2.68. The van der Waals surface area contributed by atoms with Crippen LogP contribution in [-0.2, 0) is 11.3 Å². The van der Waals surface area contributed by atoms with E-state index in [0.717, 1.165) is 19.6 Å². The van der Waals surface area contributed by atoms with Crippen LogP contribution in [0.5, 0.6) is 0 Å². The van der Waals surface area contributed by atoms with Crippen LogP contribution in [0.1, 0.15) is 23.8 Å². The predicted octanol–water partition coefficient (Wildman–Crippen LogP) is 2.91. The largest absolute Gasteiger partial charge is 0.336 e. The second-order valence-electron chi connectivity index (χ2n) is 4.92. The number of amides is 1. The molecule has 0 aliphatic carbocycles. The molecule has 0 radical (unpaired) electrons. The van der Waals surface area contributed by atoms with Gasteiger partial charge in [0.1, 0.15) is 0 Å². The van der Waals surface area contributed by atoms with Crippen molar-refractivity contribution in [2.24, 2.45) is 0 Å². The fraction of sp³-hybridized carbons (Fsp3) is 0.533. The van der Waals surface area contributed by atoms with Crippen LogP contribution in [0.15, 0.2) is 23.6 Å². The van der Waals surface area contributed by atoms with Crippen molar-refractivity contribution >= 4 is 17.2 Å². The molecule has 3 nitrogen and oxygen atoms in total. The van der Waals surface area contributed by atoms with Crippen LogP contribution in [0.25, 0.3) is 0 Å². The smallest absolute Gasteiger partial charge is 0.226 e. The van der Waals surface area contributed by atoms with Crippen molar-refractivity contribution in [2.45, 2.75) is 26.8 Å². The zero-order valence-corrected chi connectivity index (χ0v) is 13.2. The van der Waals surface area contributed by atoms with Gasteiger partial charge in [0.2, 0.25) is 5.91 Å². The van der Waals surface area contributed by atoms with Gasteiger partial charge in [0.25, 0.3) is 0 Å². The van der Waals surface area contributed by atoms with Gasteiger partial charge in [-0.2, -0.15) is 0 Å². The summed E-state index contributed by atoms with van der Waals surface area (Å²) >= 11 is 1.73. The van der Waals surface area contributed by atoms with E-state index in [9.17, 15) is 4.79 Å². The van der Waals surface area contributed by atoms with Gasteiger partial charge in [0.05, 0.1) is 6.54 Å². The van der Waals surface area contributed by atoms with Gasteiger partial charge in [-0.15, -0.1) is 11.3 Å². The molecule has 0 bridgehead atoms. The zero-order chi connectivity index (χ0) is 14.3. The van der Waals surface area contributed by atoms with Crippen LogP contribution in [0, 0.1) is 6.92 Å². The van der Waals surface area contributed by atoms with E-state index in [2.05, 4.69) is 23.3 Å². The number of carbonyl (C=O) groups is 1. The van der Waals surface area contributed by atoms with E-state index < -0.39 is 0 Å². The first-order valence-electron chi connectivity index (χ1n) is 6.61. The van der Waals surface area contributed by atoms with E-state index in [1.54, 1.807) is 11.3 Å². The lowest BCUT2D eigenvalue weighted by atomic mass is 10.2. The zero-order valence-electron chi connectivity index (χ0n) is 12.3. The summed E-state index contributed by atoms with van der Waals surface area (Å²) in [4.78, 5) is 17.6. The van der Waals surface area contributed by atoms with Gasteiger partial charge in [-0.25, -0.2) is 0 Å². The Labute approximate surface area is 120 Å². The molecule has 0 aliphatic rings. The molecule has 0 saturated carbocycles. The average molecular weight is 280 g/mol. The van der Waals surface area contributed by atoms with Gasteiger partial charge in [-0.05, 0) is 45.0 Å². The van der Waals surface area contributed by atoms with E-state index in [-0.39, 0.29) is 5.91 Å². The van der Waals surface area contributed by atoms with E-state index >= 15 is 0 Å². The number of rotatable bonds is 7. The Bertz CT molecular complexity index is 424. The minimum atomic E-state index is 0.202. The molecule has 0 N–H and O–H groups in total. The number of likely N-dealkylation sites (N-methyl/N-ethyl adjacent to an activating group) is 1. The molecule has 0 unspecified atom stereocenters. The summed E-state index contributed by atoms with van der Waals surface area (Å²) in [7, 11) is 4.07. The summed E-state index contributed by atoms with van der Waals surface area (Å²) in [5.74, 6) is 0.202. The molecular weight excluding hydrogens is 256 g/mol. The molecule has 4 heteroatoms. The second kappa shape index (κ2) is 8.12. The summed E-state index contributed by atoms with van der Waals surface area (Å²) in [5.41, 5.74) is 1.28. The molecular formula is C15H24N2OS. The van der Waals surface area contributed by atoms with Crippen LogP contribution in [-0.4, -0.2) is 42.9 Å². The predicted molar refractivity (Wildman–Crippen MR) is 82.5 cm³/mol. The third kappa shape index (κ3) is 5.57. The van der Waals surface area contributed by atoms with Crippen LogP contribution >= 0.6 is 11.3 Å². The first kappa shape index (κ1) is 15.9. The van der Waals surface area contributed by atoms with E-state index in [4.69, 9.17) is 0 Å². The SMILES string of the molecule is CC=CCC(=O)N(CCN(C)C)Cc1sccc1C. The van der Waals surface area contributed by atoms with Gasteiger partial charge in [-0.1, -0.05) is 12.2 Å². The molecule has 0 aromatic carbocycles. The van der Waals surface area contributed by atoms with E-state index in [1.165, 1.54) is 10.4 Å². The van der Waals surface area contributed by atoms with Gasteiger partial charge < -0.3 is 9.80 Å². The van der Waals surface area contributed by atoms with Crippen molar-refractivity contribution in [1.82, 2.24) is 9.80 Å². The van der Waals surface area contributed by atoms with Crippen molar-refractivity contribution in [1.29, 1.82) is 0 Å². The maximum absolute atomic E-state index is 12.2. The Hall–Kier alpha value is -1.13. The topological polar surface area (TPSA) is 23.6 Å². The highest BCUT2D eigenvalue weighted by molar-refractivity contribution is 7.10. The molecule has 1 aromatic rings. The highest BCUT2D eigenvalue weighted by Gasteiger charge is 2.14. The first-order chi connectivity index (χ1) is 9.04. The fourth-order valence-electron chi connectivity index (χ4n) is 1.70. The van der Waals surface area contributed by atoms with Gasteiger partial charge in [0, 0.05) is 24.4 Å². The molecule has 0 fully saturated rings. The van der Waals surface area contributed by atoms with Crippen molar-refractivity contribution in [3.63, 3.8) is 0 Å². The number of allylic oxidation sites excluding steroid dienone is 1. The summed E-state index contributed by atoms with van der Waals surface area (Å²) in [6.45, 7) is 6.45. The lowest BCUT2D eigenvalue weighted by molar-refractivity contribution is -0.131. The number of hydrogen-bond donors (Lipinski definition) is 0. The molecule has 106 valence electrons. The number of carbonyl (C=O) groups excluding carboxylic acids is 1. The van der Waals surface area contributed by atoms with Crippen molar-refractivity contribution in [2.75, 3.05) is 27.2 Å². The molecule has 1 aromatic heterocycles. The van der Waals surface area contributed by atoms with Crippen molar-refractivity contribution in [3.05, 3.63) is 34.0 Å². The molecule has 1 rings (SSSR count). The normalized spacial score (nSPS) is 11.4. The molecule has 0 aliphatic heterocycles. The minimum absolute atomic E-state index is 0.202. The quantitative estimate of drug-likeness (QED) is 0.717. The molecule has 0 atom stereocenters. The maximum atomic E-state index is 12.2. The summed E-state index contributed by atoms with van der Waals surface area (Å²) in [5, 5.41) is 2.09. The monoisotopic (exact) mass is 280 g/mol. The third-order valence-corrected chi connectivity index (χ3v) is 4.01. The number of aryl methyl sites for hydroxylation is 1. The second-order valence-corrected chi connectivity index (χ2v) is 5.92. The lowest BCUT2D eigenvalue weighted by Gasteiger charge is -2.24. The highest BCUT2D eigenvalue weighted by Crippen LogP contribution is 2.18. The Morgan fingerprint density at radius 1 is 1.37 bits per heavy atom. The summed E-state index contributed by atoms with van der Waals surface area (Å²) < 4.78 is 0. The van der Waals surface area contributed by atoms with Gasteiger partial charge in [0.15, 0.2) is 0 Å². The molecule has 0 saturated heterocycles. The molecule has 1 amide bonds. The Kier molecular flexibility index (Phi) is 6.81. The van der Waals surface area contributed by atoms with Crippen molar-refractivity contribution in [3.8, 4) is 0 Å². The van der Waals surface area contributed by atoms with Crippen LogP contribution in [0.2, 0.25) is 0 Å². The summed E-state index contributed by atoms with van der Waals surface area (Å²) in [6.07, 6.45) is 4.35. The minimum Gasteiger partial charge on any atom is -0.336 e. The standard InChI is InChI=1S/C15H24N2OS/c1-5-6-7-15(18)17(10-9-16(3)4)12-14-13(2)8-11-19-14/h5-6,8,11H,7,9-10,12H2,1-4H3. The van der Waals surface area contributed by atoms with E-state index in [1.807, 2.05) is 38.1 Å². The number of nitrogens with zero attached hydrogens (tertiary/aromatic N) is 2. The number of thiophene rings is 1. The van der Waals surface area contributed by atoms with Crippen LogP contribution in [0.3, 0.4) is 0 Å². The lowest BCUT2D eigenvalue weighted by Crippen LogP contribution is -2.35. The first-order valence-corrected chi connectivity index (χ1v) is 7.49. The van der Waals surface area contributed by atoms with E-state index in [0.29, 0.717) is 6.42 Å². The van der Waals surface area contributed by atoms with Crippen LogP contribution in [0.4, 0.5) is 0 Å². The highest BCUT2D eigenvalue weighted by atomic mass is 32.1. The van der Waals surface area contributed by atoms with Gasteiger partial charge >= 0.3 is 0 Å². The van der Waals surface area contributed by atoms with Crippen LogP contribution < -0.4 is 0 Å². The molecule has 1 heterocycles. The number of hydrogen-bond acceptors (Lipinski definition) is 3. The average Bonchev–Trinajstić information content (AvgIpc) is 2.76. The molecule has 0 spiro atoms. The third-order valence-electron chi connectivity index (χ3n) is 3.00. The Morgan fingerprint density at radius 2 is 2.11 bits per heavy atom.